The number of benzene rings is 1. The standard InChI is InChI=1S/C28H34N2O4Si/c1-7-28(33)20-14-21-23-18(15-30(21)25(31)19(20)16-34-26(28)32)13-17-9-8-10-22(24(17)29-23)35(5,6)12-11-27(2,3)4/h8-10,13-14,33H,7,11-12,15-16H2,1-6H3/t28-/m0/s1. The fourth-order valence-electron chi connectivity index (χ4n) is 5.38. The molecule has 0 saturated carbocycles. The largest absolute Gasteiger partial charge is 0.458 e. The zero-order chi connectivity index (χ0) is 25.3. The third kappa shape index (κ3) is 3.76. The number of cyclic esters (lactones) is 1. The molecule has 0 amide bonds. The van der Waals surface area contributed by atoms with Crippen LogP contribution in [0, 0.1) is 5.41 Å². The Labute approximate surface area is 207 Å². The molecule has 5 rings (SSSR count). The lowest BCUT2D eigenvalue weighted by atomic mass is 9.86. The summed E-state index contributed by atoms with van der Waals surface area (Å²) in [5.41, 5.74) is 2.37. The van der Waals surface area contributed by atoms with E-state index < -0.39 is 19.6 Å². The fraction of sp³-hybridized carbons (Fsp3) is 0.464. The van der Waals surface area contributed by atoms with E-state index in [4.69, 9.17) is 9.72 Å². The SMILES string of the molecule is CC[C@@]1(O)C(=O)OCc2c1cc1n(c2=O)Cc2cc3cccc([Si](C)(C)CCC(C)(C)C)c3nc2-1. The molecular formula is C28H34N2O4Si. The number of fused-ring (bicyclic) bond motifs is 5. The van der Waals surface area contributed by atoms with Crippen molar-refractivity contribution in [3.63, 3.8) is 0 Å². The smallest absolute Gasteiger partial charge is 0.343 e. The van der Waals surface area contributed by atoms with E-state index in [2.05, 4.69) is 58.1 Å². The number of ether oxygens (including phenoxy) is 1. The predicted octanol–water partition coefficient (Wildman–Crippen LogP) is 4.43. The minimum atomic E-state index is -1.81. The first-order chi connectivity index (χ1) is 16.4. The van der Waals surface area contributed by atoms with Crippen LogP contribution in [0.1, 0.15) is 57.2 Å². The van der Waals surface area contributed by atoms with Gasteiger partial charge in [-0.25, -0.2) is 9.78 Å². The van der Waals surface area contributed by atoms with Gasteiger partial charge in [0.15, 0.2) is 5.60 Å². The first-order valence-corrected chi connectivity index (χ1v) is 15.7. The topological polar surface area (TPSA) is 81.4 Å². The number of aliphatic hydroxyl groups is 1. The molecule has 1 atom stereocenters. The molecule has 7 heteroatoms. The van der Waals surface area contributed by atoms with Crippen LogP contribution in [0.25, 0.3) is 22.3 Å². The van der Waals surface area contributed by atoms with Crippen LogP contribution < -0.4 is 10.7 Å². The van der Waals surface area contributed by atoms with Gasteiger partial charge in [0, 0.05) is 16.5 Å². The summed E-state index contributed by atoms with van der Waals surface area (Å²) in [5, 5.41) is 13.5. The normalized spacial score (nSPS) is 19.3. The summed E-state index contributed by atoms with van der Waals surface area (Å²) < 4.78 is 6.88. The van der Waals surface area contributed by atoms with Crippen LogP contribution in [0.15, 0.2) is 35.1 Å². The van der Waals surface area contributed by atoms with Crippen molar-refractivity contribution >= 4 is 30.1 Å². The van der Waals surface area contributed by atoms with Gasteiger partial charge in [-0.2, -0.15) is 0 Å². The second kappa shape index (κ2) is 7.87. The van der Waals surface area contributed by atoms with Gasteiger partial charge < -0.3 is 14.4 Å². The highest BCUT2D eigenvalue weighted by atomic mass is 28.3. The van der Waals surface area contributed by atoms with Crippen molar-refractivity contribution in [1.29, 1.82) is 0 Å². The monoisotopic (exact) mass is 490 g/mol. The zero-order valence-corrected chi connectivity index (χ0v) is 22.5. The van der Waals surface area contributed by atoms with Gasteiger partial charge in [0.05, 0.1) is 37.1 Å². The third-order valence-corrected chi connectivity index (χ3v) is 11.1. The third-order valence-electron chi connectivity index (χ3n) is 7.77. The van der Waals surface area contributed by atoms with Gasteiger partial charge in [-0.1, -0.05) is 71.5 Å². The first kappa shape index (κ1) is 23.9. The lowest BCUT2D eigenvalue weighted by molar-refractivity contribution is -0.172. The van der Waals surface area contributed by atoms with Crippen LogP contribution in [-0.2, 0) is 28.3 Å². The molecule has 0 spiro atoms. The van der Waals surface area contributed by atoms with Crippen molar-refractivity contribution in [3.8, 4) is 11.4 Å². The van der Waals surface area contributed by atoms with E-state index >= 15 is 0 Å². The molecule has 0 bridgehead atoms. The average molecular weight is 491 g/mol. The van der Waals surface area contributed by atoms with Gasteiger partial charge >= 0.3 is 5.97 Å². The lowest BCUT2D eigenvalue weighted by Gasteiger charge is -2.31. The Morgan fingerprint density at radius 1 is 1.20 bits per heavy atom. The maximum atomic E-state index is 13.4. The van der Waals surface area contributed by atoms with E-state index in [1.165, 1.54) is 11.2 Å². The van der Waals surface area contributed by atoms with Gasteiger partial charge in [-0.05, 0) is 29.2 Å². The summed E-state index contributed by atoms with van der Waals surface area (Å²) in [7, 11) is -1.78. The van der Waals surface area contributed by atoms with E-state index in [1.54, 1.807) is 17.6 Å². The molecule has 0 radical (unpaired) electrons. The summed E-state index contributed by atoms with van der Waals surface area (Å²) in [6, 6.07) is 11.5. The number of carbonyl (C=O) groups is 1. The van der Waals surface area contributed by atoms with Crippen LogP contribution in [0.2, 0.25) is 19.1 Å². The molecule has 6 nitrogen and oxygen atoms in total. The lowest BCUT2D eigenvalue weighted by Crippen LogP contribution is -2.44. The number of pyridine rings is 2. The molecule has 2 aliphatic rings. The minimum Gasteiger partial charge on any atom is -0.458 e. The first-order valence-electron chi connectivity index (χ1n) is 12.5. The van der Waals surface area contributed by atoms with Crippen molar-refractivity contribution in [2.75, 3.05) is 0 Å². The Morgan fingerprint density at radius 2 is 1.94 bits per heavy atom. The second-order valence-corrected chi connectivity index (χ2v) is 16.7. The molecule has 0 unspecified atom stereocenters. The van der Waals surface area contributed by atoms with Gasteiger partial charge in [0.2, 0.25) is 0 Å². The number of carbonyl (C=O) groups excluding carboxylic acids is 1. The van der Waals surface area contributed by atoms with Crippen LogP contribution in [0.3, 0.4) is 0 Å². The van der Waals surface area contributed by atoms with Gasteiger partial charge in [-0.15, -0.1) is 0 Å². The molecule has 1 N–H and O–H groups in total. The molecule has 2 aliphatic heterocycles. The van der Waals surface area contributed by atoms with E-state index in [9.17, 15) is 14.7 Å². The Kier molecular flexibility index (Phi) is 5.38. The summed E-state index contributed by atoms with van der Waals surface area (Å²) >= 11 is 0. The van der Waals surface area contributed by atoms with Crippen molar-refractivity contribution in [3.05, 3.63) is 57.4 Å². The summed E-state index contributed by atoms with van der Waals surface area (Å²) in [6.07, 6.45) is 1.29. The van der Waals surface area contributed by atoms with Crippen LogP contribution >= 0.6 is 0 Å². The molecular weight excluding hydrogens is 456 g/mol. The Morgan fingerprint density at radius 3 is 2.63 bits per heavy atom. The highest BCUT2D eigenvalue weighted by Crippen LogP contribution is 2.38. The maximum absolute atomic E-state index is 13.4. The molecule has 35 heavy (non-hydrogen) atoms. The second-order valence-electron chi connectivity index (χ2n) is 11.9. The van der Waals surface area contributed by atoms with Crippen molar-refractivity contribution in [2.45, 2.75) is 78.4 Å². The number of nitrogens with zero attached hydrogens (tertiary/aromatic N) is 2. The molecule has 0 saturated heterocycles. The molecule has 3 aromatic rings. The van der Waals surface area contributed by atoms with Gasteiger partial charge in [-0.3, -0.25) is 4.79 Å². The summed E-state index contributed by atoms with van der Waals surface area (Å²) in [6.45, 7) is 13.7. The van der Waals surface area contributed by atoms with Crippen molar-refractivity contribution in [2.24, 2.45) is 5.41 Å². The number of para-hydroxylation sites is 1. The Hall–Kier alpha value is -2.77. The Bertz CT molecular complexity index is 1430. The van der Waals surface area contributed by atoms with Crippen LogP contribution in [0.5, 0.6) is 0 Å². The number of aromatic nitrogens is 2. The average Bonchev–Trinajstić information content (AvgIpc) is 3.16. The van der Waals surface area contributed by atoms with E-state index in [-0.39, 0.29) is 24.0 Å². The molecule has 2 aromatic heterocycles. The number of hydrogen-bond donors (Lipinski definition) is 1. The number of rotatable bonds is 4. The maximum Gasteiger partial charge on any atom is 0.343 e. The molecule has 0 fully saturated rings. The summed E-state index contributed by atoms with van der Waals surface area (Å²) in [5.74, 6) is -0.699. The predicted molar refractivity (Wildman–Crippen MR) is 141 cm³/mol. The molecule has 4 heterocycles. The Balaban J connectivity index is 1.69. The van der Waals surface area contributed by atoms with E-state index in [0.29, 0.717) is 23.4 Å². The van der Waals surface area contributed by atoms with Crippen LogP contribution in [0.4, 0.5) is 0 Å². The van der Waals surface area contributed by atoms with Crippen molar-refractivity contribution in [1.82, 2.24) is 9.55 Å². The van der Waals surface area contributed by atoms with Gasteiger partial charge in [0.25, 0.3) is 5.56 Å². The van der Waals surface area contributed by atoms with Gasteiger partial charge in [0.1, 0.15) is 6.61 Å². The van der Waals surface area contributed by atoms with E-state index in [0.717, 1.165) is 28.6 Å². The van der Waals surface area contributed by atoms with Crippen molar-refractivity contribution < 1.29 is 14.6 Å². The molecule has 184 valence electrons. The highest BCUT2D eigenvalue weighted by molar-refractivity contribution is 6.91. The van der Waals surface area contributed by atoms with Crippen LogP contribution in [-0.4, -0.2) is 28.7 Å². The fourth-order valence-corrected chi connectivity index (χ4v) is 8.41. The zero-order valence-electron chi connectivity index (χ0n) is 21.5. The number of esters is 1. The summed E-state index contributed by atoms with van der Waals surface area (Å²) in [4.78, 5) is 31.0. The number of hydrogen-bond acceptors (Lipinski definition) is 5. The highest BCUT2D eigenvalue weighted by Gasteiger charge is 2.45. The van der Waals surface area contributed by atoms with E-state index in [1.807, 2.05) is 0 Å². The molecule has 1 aromatic carbocycles. The minimum absolute atomic E-state index is 0.112. The quantitative estimate of drug-likeness (QED) is 0.338. The molecule has 0 aliphatic carbocycles.